The Balaban J connectivity index is 2.10. The van der Waals surface area contributed by atoms with Crippen molar-refractivity contribution in [1.82, 2.24) is 15.1 Å². The third-order valence-corrected chi connectivity index (χ3v) is 2.08. The monoisotopic (exact) mass is 167 g/mol. The van der Waals surface area contributed by atoms with E-state index in [0.29, 0.717) is 6.10 Å². The Bertz CT molecular complexity index is 258. The summed E-state index contributed by atoms with van der Waals surface area (Å²) in [6.07, 6.45) is 2.15. The molecule has 0 spiro atoms. The Kier molecular flexibility index (Phi) is 1.77. The number of aromatic nitrogens is 2. The molecule has 0 aromatic carbocycles. The van der Waals surface area contributed by atoms with Crippen molar-refractivity contribution in [2.45, 2.75) is 13.0 Å². The zero-order valence-electron chi connectivity index (χ0n) is 7.37. The molecule has 0 radical (unpaired) electrons. The highest BCUT2D eigenvalue weighted by Crippen LogP contribution is 2.17. The summed E-state index contributed by atoms with van der Waals surface area (Å²) in [5, 5.41) is 7.26. The largest absolute Gasteiger partial charge is 0.472 e. The third-order valence-electron chi connectivity index (χ3n) is 2.08. The fourth-order valence-electron chi connectivity index (χ4n) is 1.21. The minimum Gasteiger partial charge on any atom is -0.472 e. The molecule has 0 bridgehead atoms. The first-order chi connectivity index (χ1) is 5.77. The predicted octanol–water partition coefficient (Wildman–Crippen LogP) is 0.0791. The van der Waals surface area contributed by atoms with Crippen LogP contribution in [0.25, 0.3) is 0 Å². The van der Waals surface area contributed by atoms with Gasteiger partial charge in [0.2, 0.25) is 5.88 Å². The Labute approximate surface area is 71.5 Å². The summed E-state index contributed by atoms with van der Waals surface area (Å²) < 4.78 is 7.46. The van der Waals surface area contributed by atoms with E-state index < -0.39 is 0 Å². The quantitative estimate of drug-likeness (QED) is 0.678. The van der Waals surface area contributed by atoms with Crippen LogP contribution in [0.1, 0.15) is 5.56 Å². The van der Waals surface area contributed by atoms with Crippen LogP contribution < -0.4 is 10.1 Å². The summed E-state index contributed by atoms with van der Waals surface area (Å²) >= 11 is 0. The number of nitrogens with zero attached hydrogens (tertiary/aromatic N) is 2. The molecule has 2 rings (SSSR count). The van der Waals surface area contributed by atoms with Gasteiger partial charge in [-0.2, -0.15) is 5.10 Å². The fraction of sp³-hybridized carbons (Fsp3) is 0.625. The van der Waals surface area contributed by atoms with Gasteiger partial charge in [-0.05, 0) is 6.92 Å². The average molecular weight is 167 g/mol. The molecule has 1 aliphatic heterocycles. The summed E-state index contributed by atoms with van der Waals surface area (Å²) in [5.41, 5.74) is 1.10. The van der Waals surface area contributed by atoms with Crippen LogP contribution in [-0.2, 0) is 7.05 Å². The van der Waals surface area contributed by atoms with Gasteiger partial charge in [-0.3, -0.25) is 0 Å². The van der Waals surface area contributed by atoms with Crippen molar-refractivity contribution >= 4 is 0 Å². The molecule has 1 saturated heterocycles. The Hall–Kier alpha value is -1.03. The highest BCUT2D eigenvalue weighted by molar-refractivity contribution is 5.22. The van der Waals surface area contributed by atoms with E-state index in [2.05, 4.69) is 10.4 Å². The Morgan fingerprint density at radius 1 is 1.67 bits per heavy atom. The minimum absolute atomic E-state index is 0.332. The summed E-state index contributed by atoms with van der Waals surface area (Å²) in [7, 11) is 1.90. The lowest BCUT2D eigenvalue weighted by atomic mass is 10.2. The molecule has 0 saturated carbocycles. The molecule has 2 heterocycles. The zero-order valence-corrected chi connectivity index (χ0v) is 7.37. The van der Waals surface area contributed by atoms with Crippen LogP contribution in [0.4, 0.5) is 0 Å². The van der Waals surface area contributed by atoms with Crippen molar-refractivity contribution in [2.24, 2.45) is 7.05 Å². The molecule has 1 aromatic rings. The predicted molar refractivity (Wildman–Crippen MR) is 45.2 cm³/mol. The van der Waals surface area contributed by atoms with Gasteiger partial charge >= 0.3 is 0 Å². The molecule has 1 aliphatic rings. The molecule has 0 unspecified atom stereocenters. The molecule has 66 valence electrons. The van der Waals surface area contributed by atoms with E-state index in [9.17, 15) is 0 Å². The first kappa shape index (κ1) is 7.61. The molecular formula is C8H13N3O. The van der Waals surface area contributed by atoms with E-state index in [1.165, 1.54) is 0 Å². The molecule has 1 fully saturated rings. The van der Waals surface area contributed by atoms with Crippen LogP contribution in [0.5, 0.6) is 5.88 Å². The van der Waals surface area contributed by atoms with Gasteiger partial charge in [-0.25, -0.2) is 4.68 Å². The smallest absolute Gasteiger partial charge is 0.214 e. The van der Waals surface area contributed by atoms with Crippen LogP contribution in [0, 0.1) is 6.92 Å². The number of rotatable bonds is 2. The third kappa shape index (κ3) is 1.18. The van der Waals surface area contributed by atoms with Crippen LogP contribution in [0.15, 0.2) is 6.20 Å². The van der Waals surface area contributed by atoms with Crippen LogP contribution in [0.3, 0.4) is 0 Å². The van der Waals surface area contributed by atoms with Crippen molar-refractivity contribution in [3.8, 4) is 5.88 Å². The SMILES string of the molecule is Cc1cnn(C)c1OC1CNC1. The van der Waals surface area contributed by atoms with Gasteiger partial charge in [0.25, 0.3) is 0 Å². The topological polar surface area (TPSA) is 39.1 Å². The Morgan fingerprint density at radius 2 is 2.42 bits per heavy atom. The van der Waals surface area contributed by atoms with Gasteiger partial charge in [0.1, 0.15) is 6.10 Å². The van der Waals surface area contributed by atoms with Crippen LogP contribution >= 0.6 is 0 Å². The van der Waals surface area contributed by atoms with E-state index in [0.717, 1.165) is 24.5 Å². The van der Waals surface area contributed by atoms with Gasteiger partial charge in [0, 0.05) is 25.7 Å². The fourth-order valence-corrected chi connectivity index (χ4v) is 1.21. The second-order valence-corrected chi connectivity index (χ2v) is 3.15. The maximum atomic E-state index is 5.69. The van der Waals surface area contributed by atoms with Crippen molar-refractivity contribution in [3.05, 3.63) is 11.8 Å². The first-order valence-electron chi connectivity index (χ1n) is 4.13. The van der Waals surface area contributed by atoms with E-state index in [-0.39, 0.29) is 0 Å². The van der Waals surface area contributed by atoms with Gasteiger partial charge in [-0.15, -0.1) is 0 Å². The van der Waals surface area contributed by atoms with E-state index in [4.69, 9.17) is 4.74 Å². The van der Waals surface area contributed by atoms with Gasteiger partial charge < -0.3 is 10.1 Å². The molecule has 1 aromatic heterocycles. The van der Waals surface area contributed by atoms with Gasteiger partial charge in [0.05, 0.1) is 6.20 Å². The number of ether oxygens (including phenoxy) is 1. The van der Waals surface area contributed by atoms with E-state index in [1.54, 1.807) is 4.68 Å². The lowest BCUT2D eigenvalue weighted by molar-refractivity contribution is 0.129. The summed E-state index contributed by atoms with van der Waals surface area (Å²) in [6.45, 7) is 3.91. The number of hydrogen-bond donors (Lipinski definition) is 1. The molecule has 12 heavy (non-hydrogen) atoms. The van der Waals surface area contributed by atoms with Crippen molar-refractivity contribution in [1.29, 1.82) is 0 Å². The molecular weight excluding hydrogens is 154 g/mol. The Morgan fingerprint density at radius 3 is 2.83 bits per heavy atom. The summed E-state index contributed by atoms with van der Waals surface area (Å²) in [4.78, 5) is 0. The second kappa shape index (κ2) is 2.79. The van der Waals surface area contributed by atoms with Crippen molar-refractivity contribution in [2.75, 3.05) is 13.1 Å². The van der Waals surface area contributed by atoms with Crippen molar-refractivity contribution < 1.29 is 4.74 Å². The number of nitrogens with one attached hydrogen (secondary N) is 1. The second-order valence-electron chi connectivity index (χ2n) is 3.15. The van der Waals surface area contributed by atoms with Crippen LogP contribution in [0.2, 0.25) is 0 Å². The maximum Gasteiger partial charge on any atom is 0.214 e. The normalized spacial score (nSPS) is 17.5. The highest BCUT2D eigenvalue weighted by atomic mass is 16.5. The molecule has 4 nitrogen and oxygen atoms in total. The molecule has 0 aliphatic carbocycles. The first-order valence-corrected chi connectivity index (χ1v) is 4.13. The molecule has 0 amide bonds. The lowest BCUT2D eigenvalue weighted by Gasteiger charge is -2.27. The van der Waals surface area contributed by atoms with E-state index in [1.807, 2.05) is 20.2 Å². The maximum absolute atomic E-state index is 5.69. The number of hydrogen-bond acceptors (Lipinski definition) is 3. The van der Waals surface area contributed by atoms with Gasteiger partial charge in [0.15, 0.2) is 0 Å². The standard InChI is InChI=1S/C8H13N3O/c1-6-3-10-11(2)8(6)12-7-4-9-5-7/h3,7,9H,4-5H2,1-2H3. The minimum atomic E-state index is 0.332. The molecule has 0 atom stereocenters. The molecule has 4 heteroatoms. The highest BCUT2D eigenvalue weighted by Gasteiger charge is 2.20. The van der Waals surface area contributed by atoms with E-state index >= 15 is 0 Å². The average Bonchev–Trinajstić information content (AvgIpc) is 2.25. The summed E-state index contributed by atoms with van der Waals surface area (Å²) in [6, 6.07) is 0. The van der Waals surface area contributed by atoms with Crippen LogP contribution in [-0.4, -0.2) is 29.0 Å². The molecule has 1 N–H and O–H groups in total. The van der Waals surface area contributed by atoms with Crippen molar-refractivity contribution in [3.63, 3.8) is 0 Å². The lowest BCUT2D eigenvalue weighted by Crippen LogP contribution is -2.50. The van der Waals surface area contributed by atoms with Gasteiger partial charge in [-0.1, -0.05) is 0 Å². The zero-order chi connectivity index (χ0) is 8.55. The summed E-state index contributed by atoms with van der Waals surface area (Å²) in [5.74, 6) is 0.890. The number of aryl methyl sites for hydroxylation is 2.